The molecule has 0 atom stereocenters. The minimum atomic E-state index is -4.53. The van der Waals surface area contributed by atoms with Gasteiger partial charge in [-0.25, -0.2) is 0 Å². The van der Waals surface area contributed by atoms with Crippen LogP contribution in [0.2, 0.25) is 10.0 Å². The maximum Gasteiger partial charge on any atom is 0.409 e. The van der Waals surface area contributed by atoms with Crippen LogP contribution >= 0.6 is 23.2 Å². The molecule has 1 rings (SSSR count). The quantitative estimate of drug-likeness (QED) is 0.578. The predicted octanol–water partition coefficient (Wildman–Crippen LogP) is 4.29. The van der Waals surface area contributed by atoms with Gasteiger partial charge in [-0.2, -0.15) is 13.2 Å². The fraction of sp³-hybridized carbons (Fsp3) is 0.100. The Balaban J connectivity index is 2.98. The molecule has 0 N–H and O–H groups in total. The van der Waals surface area contributed by atoms with Gasteiger partial charge in [0.2, 0.25) is 0 Å². The smallest absolute Gasteiger partial charge is 0.289 e. The molecule has 0 aliphatic carbocycles. The summed E-state index contributed by atoms with van der Waals surface area (Å²) in [6.45, 7) is 0. The van der Waals surface area contributed by atoms with Crippen molar-refractivity contribution in [3.63, 3.8) is 0 Å². The Hall–Kier alpha value is -1.00. The highest BCUT2D eigenvalue weighted by Gasteiger charge is 2.23. The molecule has 0 saturated heterocycles. The summed E-state index contributed by atoms with van der Waals surface area (Å²) in [6, 6.07) is 4.17. The summed E-state index contributed by atoms with van der Waals surface area (Å²) in [5.41, 5.74) is -0.0605. The van der Waals surface area contributed by atoms with Gasteiger partial charge in [0, 0.05) is 11.6 Å². The van der Waals surface area contributed by atoms with Crippen LogP contribution in [0.25, 0.3) is 0 Å². The summed E-state index contributed by atoms with van der Waals surface area (Å²) in [5, 5.41) is 0.0638. The van der Waals surface area contributed by atoms with E-state index < -0.39 is 12.0 Å². The number of hydrogen-bond donors (Lipinski definition) is 0. The third-order valence-corrected chi connectivity index (χ3v) is 2.46. The van der Waals surface area contributed by atoms with Crippen molar-refractivity contribution in [2.24, 2.45) is 0 Å². The molecule has 0 aromatic heterocycles. The van der Waals surface area contributed by atoms with E-state index in [2.05, 4.69) is 0 Å². The normalized spacial score (nSPS) is 12.1. The van der Waals surface area contributed by atoms with E-state index >= 15 is 0 Å². The molecule has 1 aromatic carbocycles. The average Bonchev–Trinajstić information content (AvgIpc) is 2.17. The molecule has 1 aromatic rings. The zero-order valence-electron chi connectivity index (χ0n) is 7.68. The summed E-state index contributed by atoms with van der Waals surface area (Å²) >= 11 is 11.3. The van der Waals surface area contributed by atoms with E-state index in [9.17, 15) is 18.0 Å². The van der Waals surface area contributed by atoms with Crippen molar-refractivity contribution in [2.75, 3.05) is 0 Å². The van der Waals surface area contributed by atoms with Crippen molar-refractivity contribution in [3.05, 3.63) is 46.0 Å². The van der Waals surface area contributed by atoms with Crippen LogP contribution in [-0.4, -0.2) is 12.0 Å². The van der Waals surface area contributed by atoms with Gasteiger partial charge in [0.05, 0.1) is 10.0 Å². The van der Waals surface area contributed by atoms with Crippen molar-refractivity contribution >= 4 is 29.0 Å². The van der Waals surface area contributed by atoms with Crippen molar-refractivity contribution < 1.29 is 18.0 Å². The lowest BCUT2D eigenvalue weighted by atomic mass is 10.1. The molecular formula is C10H5Cl2F3O. The summed E-state index contributed by atoms with van der Waals surface area (Å²) in [5.74, 6) is -0.843. The second-order valence-electron chi connectivity index (χ2n) is 2.84. The minimum Gasteiger partial charge on any atom is -0.289 e. The summed E-state index contributed by atoms with van der Waals surface area (Å²) < 4.78 is 35.4. The van der Waals surface area contributed by atoms with Crippen LogP contribution in [0.4, 0.5) is 13.2 Å². The Morgan fingerprint density at radius 3 is 2.44 bits per heavy atom. The van der Waals surface area contributed by atoms with Crippen LogP contribution in [0, 0.1) is 0 Å². The van der Waals surface area contributed by atoms with Crippen molar-refractivity contribution in [1.29, 1.82) is 0 Å². The van der Waals surface area contributed by atoms with Gasteiger partial charge in [0.25, 0.3) is 0 Å². The van der Waals surface area contributed by atoms with Gasteiger partial charge < -0.3 is 0 Å². The Morgan fingerprint density at radius 2 is 1.88 bits per heavy atom. The number of carbonyl (C=O) groups is 1. The maximum atomic E-state index is 11.8. The van der Waals surface area contributed by atoms with Crippen LogP contribution in [0.5, 0.6) is 0 Å². The molecule has 0 heterocycles. The van der Waals surface area contributed by atoms with Gasteiger partial charge in [-0.05, 0) is 18.2 Å². The highest BCUT2D eigenvalue weighted by molar-refractivity contribution is 6.44. The Labute approximate surface area is 99.5 Å². The van der Waals surface area contributed by atoms with E-state index in [4.69, 9.17) is 23.2 Å². The van der Waals surface area contributed by atoms with Gasteiger partial charge in [-0.1, -0.05) is 29.3 Å². The first-order valence-electron chi connectivity index (χ1n) is 4.05. The first-order valence-corrected chi connectivity index (χ1v) is 4.81. The zero-order valence-corrected chi connectivity index (χ0v) is 9.20. The van der Waals surface area contributed by atoms with Gasteiger partial charge in [0.1, 0.15) is 0 Å². The van der Waals surface area contributed by atoms with Crippen LogP contribution in [0.15, 0.2) is 30.4 Å². The van der Waals surface area contributed by atoms with Crippen LogP contribution < -0.4 is 0 Å². The second-order valence-corrected chi connectivity index (χ2v) is 3.63. The molecule has 0 amide bonds. The molecule has 86 valence electrons. The lowest BCUT2D eigenvalue weighted by Gasteiger charge is -2.02. The second kappa shape index (κ2) is 4.89. The number of allylic oxidation sites excluding steroid dienone is 2. The van der Waals surface area contributed by atoms with Crippen LogP contribution in [0.3, 0.4) is 0 Å². The van der Waals surface area contributed by atoms with Crippen LogP contribution in [0.1, 0.15) is 10.4 Å². The number of halogens is 5. The Kier molecular flexibility index (Phi) is 3.99. The van der Waals surface area contributed by atoms with E-state index in [-0.39, 0.29) is 21.7 Å². The third-order valence-electron chi connectivity index (χ3n) is 1.64. The number of alkyl halides is 3. The molecule has 0 bridgehead atoms. The number of hydrogen-bond acceptors (Lipinski definition) is 1. The lowest BCUT2D eigenvalue weighted by molar-refractivity contribution is -0.0799. The molecule has 0 fully saturated rings. The number of benzene rings is 1. The predicted molar refractivity (Wildman–Crippen MR) is 56.0 cm³/mol. The molecule has 0 unspecified atom stereocenters. The summed E-state index contributed by atoms with van der Waals surface area (Å²) in [6.07, 6.45) is -4.26. The zero-order chi connectivity index (χ0) is 12.3. The van der Waals surface area contributed by atoms with Crippen molar-refractivity contribution in [3.8, 4) is 0 Å². The summed E-state index contributed by atoms with van der Waals surface area (Å²) in [4.78, 5) is 11.3. The molecule has 0 saturated carbocycles. The van der Waals surface area contributed by atoms with E-state index in [0.29, 0.717) is 6.08 Å². The topological polar surface area (TPSA) is 17.1 Å². The van der Waals surface area contributed by atoms with Crippen molar-refractivity contribution in [2.45, 2.75) is 6.18 Å². The maximum absolute atomic E-state index is 11.8. The molecule has 16 heavy (non-hydrogen) atoms. The van der Waals surface area contributed by atoms with E-state index in [0.717, 1.165) is 0 Å². The summed E-state index contributed by atoms with van der Waals surface area (Å²) in [7, 11) is 0. The Bertz CT molecular complexity index is 438. The number of ketones is 1. The van der Waals surface area contributed by atoms with Gasteiger partial charge in [-0.3, -0.25) is 4.79 Å². The Morgan fingerprint density at radius 1 is 1.25 bits per heavy atom. The molecule has 0 aliphatic heterocycles. The molecule has 1 nitrogen and oxygen atoms in total. The van der Waals surface area contributed by atoms with Crippen molar-refractivity contribution in [1.82, 2.24) is 0 Å². The molecule has 0 aliphatic rings. The third kappa shape index (κ3) is 3.54. The molecule has 0 radical (unpaired) electrons. The fourth-order valence-corrected chi connectivity index (χ4v) is 1.35. The first kappa shape index (κ1) is 13.1. The highest BCUT2D eigenvalue weighted by Crippen LogP contribution is 2.26. The average molecular weight is 269 g/mol. The van der Waals surface area contributed by atoms with Gasteiger partial charge in [0.15, 0.2) is 5.78 Å². The lowest BCUT2D eigenvalue weighted by Crippen LogP contribution is -2.04. The largest absolute Gasteiger partial charge is 0.409 e. The van der Waals surface area contributed by atoms with Gasteiger partial charge >= 0.3 is 6.18 Å². The monoisotopic (exact) mass is 268 g/mol. The van der Waals surface area contributed by atoms with E-state index in [1.54, 1.807) is 0 Å². The number of carbonyl (C=O) groups excluding carboxylic acids is 1. The number of rotatable bonds is 2. The molecule has 0 spiro atoms. The first-order chi connectivity index (χ1) is 7.31. The van der Waals surface area contributed by atoms with Crippen LogP contribution in [-0.2, 0) is 0 Å². The van der Waals surface area contributed by atoms with Gasteiger partial charge in [-0.15, -0.1) is 0 Å². The van der Waals surface area contributed by atoms with E-state index in [1.165, 1.54) is 18.2 Å². The minimum absolute atomic E-state index is 0.0546. The van der Waals surface area contributed by atoms with E-state index in [1.807, 2.05) is 0 Å². The molecular weight excluding hydrogens is 264 g/mol. The highest BCUT2D eigenvalue weighted by atomic mass is 35.5. The fourth-order valence-electron chi connectivity index (χ4n) is 0.954. The SMILES string of the molecule is O=C(C=CC(F)(F)F)c1cccc(Cl)c1Cl. The standard InChI is InChI=1S/C10H5Cl2F3O/c11-7-3-1-2-6(9(7)12)8(16)4-5-10(13,14)15/h1-5H. The molecule has 6 heteroatoms.